The summed E-state index contributed by atoms with van der Waals surface area (Å²) in [5.41, 5.74) is 1.38. The van der Waals surface area contributed by atoms with E-state index in [0.717, 1.165) is 11.1 Å². The first-order valence-electron chi connectivity index (χ1n) is 6.16. The molecule has 0 atom stereocenters. The predicted octanol–water partition coefficient (Wildman–Crippen LogP) is 2.52. The fourth-order valence-corrected chi connectivity index (χ4v) is 2.17. The van der Waals surface area contributed by atoms with Gasteiger partial charge in [-0.15, -0.1) is 0 Å². The summed E-state index contributed by atoms with van der Waals surface area (Å²) in [6.07, 6.45) is 4.79. The summed E-state index contributed by atoms with van der Waals surface area (Å²) >= 11 is 6.08. The average Bonchev–Trinajstić information content (AvgIpc) is 3.01. The van der Waals surface area contributed by atoms with Crippen LogP contribution in [0.5, 0.6) is 0 Å². The van der Waals surface area contributed by atoms with Gasteiger partial charge >= 0.3 is 0 Å². The zero-order valence-corrected chi connectivity index (χ0v) is 11.2. The topological polar surface area (TPSA) is 81.6 Å². The smallest absolute Gasteiger partial charge is 0.254 e. The molecule has 0 radical (unpaired) electrons. The molecule has 1 aliphatic rings. The summed E-state index contributed by atoms with van der Waals surface area (Å²) in [4.78, 5) is 12.2. The zero-order valence-electron chi connectivity index (χ0n) is 10.5. The van der Waals surface area contributed by atoms with Crippen LogP contribution in [0, 0.1) is 11.3 Å². The number of H-pyrrole nitrogens is 1. The number of hydrogen-bond donors (Lipinski definition) is 2. The van der Waals surface area contributed by atoms with Crippen molar-refractivity contribution >= 4 is 17.5 Å². The van der Waals surface area contributed by atoms with Crippen LogP contribution in [0.4, 0.5) is 0 Å². The van der Waals surface area contributed by atoms with Crippen LogP contribution >= 0.6 is 11.6 Å². The minimum atomic E-state index is -0.702. The van der Waals surface area contributed by atoms with Gasteiger partial charge in [0.2, 0.25) is 0 Å². The molecule has 6 heteroatoms. The molecular formula is C14H11ClN4O. The molecule has 0 unspecified atom stereocenters. The highest BCUT2D eigenvalue weighted by Gasteiger charge is 2.44. The van der Waals surface area contributed by atoms with E-state index in [0.29, 0.717) is 23.4 Å². The molecule has 1 aromatic carbocycles. The Hall–Kier alpha value is -2.32. The first-order chi connectivity index (χ1) is 9.63. The Bertz CT molecular complexity index is 698. The lowest BCUT2D eigenvalue weighted by Crippen LogP contribution is -2.35. The van der Waals surface area contributed by atoms with E-state index < -0.39 is 5.54 Å². The molecule has 0 bridgehead atoms. The molecule has 2 aromatic rings. The van der Waals surface area contributed by atoms with Crippen molar-refractivity contribution in [2.24, 2.45) is 0 Å². The molecule has 5 nitrogen and oxygen atoms in total. The molecule has 3 rings (SSSR count). The fraction of sp³-hybridized carbons (Fsp3) is 0.214. The van der Waals surface area contributed by atoms with Gasteiger partial charge in [0.1, 0.15) is 5.54 Å². The quantitative estimate of drug-likeness (QED) is 0.909. The van der Waals surface area contributed by atoms with Gasteiger partial charge in [-0.2, -0.15) is 10.4 Å². The second kappa shape index (κ2) is 4.66. The Labute approximate surface area is 120 Å². The van der Waals surface area contributed by atoms with Gasteiger partial charge in [0.25, 0.3) is 5.91 Å². The second-order valence-electron chi connectivity index (χ2n) is 4.83. The first-order valence-corrected chi connectivity index (χ1v) is 6.54. The Kier molecular flexibility index (Phi) is 2.96. The first kappa shape index (κ1) is 12.7. The number of nitriles is 1. The van der Waals surface area contributed by atoms with E-state index in [9.17, 15) is 4.79 Å². The predicted molar refractivity (Wildman–Crippen MR) is 74.1 cm³/mol. The van der Waals surface area contributed by atoms with E-state index >= 15 is 0 Å². The van der Waals surface area contributed by atoms with E-state index in [1.807, 2.05) is 6.07 Å². The van der Waals surface area contributed by atoms with Gasteiger partial charge in [-0.1, -0.05) is 17.7 Å². The number of benzene rings is 1. The molecule has 1 saturated carbocycles. The molecule has 20 heavy (non-hydrogen) atoms. The van der Waals surface area contributed by atoms with Crippen LogP contribution in [0.3, 0.4) is 0 Å². The third-order valence-electron chi connectivity index (χ3n) is 3.36. The number of carbonyl (C=O) groups is 1. The molecule has 0 aliphatic heterocycles. The van der Waals surface area contributed by atoms with Gasteiger partial charge in [0.15, 0.2) is 0 Å². The molecule has 1 heterocycles. The van der Waals surface area contributed by atoms with Crippen LogP contribution < -0.4 is 5.32 Å². The SMILES string of the molecule is N#CC1(NC(=O)c2cc(-c3cn[nH]c3)ccc2Cl)CC1. The van der Waals surface area contributed by atoms with E-state index in [1.165, 1.54) is 0 Å². The summed E-state index contributed by atoms with van der Waals surface area (Å²) in [6, 6.07) is 7.32. The number of hydrogen-bond acceptors (Lipinski definition) is 3. The lowest BCUT2D eigenvalue weighted by molar-refractivity contribution is 0.0942. The van der Waals surface area contributed by atoms with Crippen molar-refractivity contribution in [3.63, 3.8) is 0 Å². The average molecular weight is 287 g/mol. The van der Waals surface area contributed by atoms with Crippen molar-refractivity contribution in [2.45, 2.75) is 18.4 Å². The number of rotatable bonds is 3. The van der Waals surface area contributed by atoms with Crippen LogP contribution in [0.15, 0.2) is 30.6 Å². The van der Waals surface area contributed by atoms with Gasteiger partial charge in [-0.05, 0) is 30.5 Å². The van der Waals surface area contributed by atoms with Crippen molar-refractivity contribution in [3.05, 3.63) is 41.2 Å². The van der Waals surface area contributed by atoms with Crippen molar-refractivity contribution < 1.29 is 4.79 Å². The maximum Gasteiger partial charge on any atom is 0.254 e. The highest BCUT2D eigenvalue weighted by Crippen LogP contribution is 2.35. The minimum absolute atomic E-state index is 0.320. The summed E-state index contributed by atoms with van der Waals surface area (Å²) in [5.74, 6) is -0.320. The molecule has 1 fully saturated rings. The highest BCUT2D eigenvalue weighted by molar-refractivity contribution is 6.34. The van der Waals surface area contributed by atoms with Crippen molar-refractivity contribution in [3.8, 4) is 17.2 Å². The molecule has 1 aliphatic carbocycles. The maximum atomic E-state index is 12.2. The van der Waals surface area contributed by atoms with Crippen molar-refractivity contribution in [2.75, 3.05) is 0 Å². The minimum Gasteiger partial charge on any atom is -0.334 e. The van der Waals surface area contributed by atoms with E-state index in [4.69, 9.17) is 16.9 Å². The van der Waals surface area contributed by atoms with Crippen LogP contribution in [0.1, 0.15) is 23.2 Å². The van der Waals surface area contributed by atoms with Gasteiger partial charge in [0.05, 0.1) is 22.9 Å². The molecule has 1 amide bonds. The highest BCUT2D eigenvalue weighted by atomic mass is 35.5. The van der Waals surface area contributed by atoms with Crippen LogP contribution in [-0.4, -0.2) is 21.6 Å². The third-order valence-corrected chi connectivity index (χ3v) is 3.69. The zero-order chi connectivity index (χ0) is 14.2. The van der Waals surface area contributed by atoms with E-state index in [1.54, 1.807) is 24.5 Å². The van der Waals surface area contributed by atoms with Gasteiger partial charge in [-0.25, -0.2) is 0 Å². The fourth-order valence-electron chi connectivity index (χ4n) is 1.96. The standard InChI is InChI=1S/C14H11ClN4O/c15-12-2-1-9(10-6-17-18-7-10)5-11(12)13(20)19-14(8-16)3-4-14/h1-2,5-7H,3-4H2,(H,17,18)(H,19,20). The maximum absolute atomic E-state index is 12.2. The molecule has 1 aromatic heterocycles. The van der Waals surface area contributed by atoms with Gasteiger partial charge < -0.3 is 5.32 Å². The third kappa shape index (κ3) is 2.26. The number of nitrogens with zero attached hydrogens (tertiary/aromatic N) is 2. The normalized spacial score (nSPS) is 15.4. The van der Waals surface area contributed by atoms with E-state index in [-0.39, 0.29) is 5.91 Å². The summed E-state index contributed by atoms with van der Waals surface area (Å²) in [6.45, 7) is 0. The molecule has 100 valence electrons. The summed E-state index contributed by atoms with van der Waals surface area (Å²) < 4.78 is 0. The number of carbonyl (C=O) groups excluding carboxylic acids is 1. The monoisotopic (exact) mass is 286 g/mol. The second-order valence-corrected chi connectivity index (χ2v) is 5.24. The largest absolute Gasteiger partial charge is 0.334 e. The number of aromatic nitrogens is 2. The van der Waals surface area contributed by atoms with Crippen LogP contribution in [0.2, 0.25) is 5.02 Å². The summed E-state index contributed by atoms with van der Waals surface area (Å²) in [7, 11) is 0. The van der Waals surface area contributed by atoms with Gasteiger partial charge in [0, 0.05) is 11.8 Å². The number of nitrogens with one attached hydrogen (secondary N) is 2. The van der Waals surface area contributed by atoms with Crippen LogP contribution in [0.25, 0.3) is 11.1 Å². The summed E-state index contributed by atoms with van der Waals surface area (Å²) in [5, 5.41) is 18.7. The molecular weight excluding hydrogens is 276 g/mol. The van der Waals surface area contributed by atoms with Crippen molar-refractivity contribution in [1.29, 1.82) is 5.26 Å². The lowest BCUT2D eigenvalue weighted by atomic mass is 10.1. The Balaban J connectivity index is 1.91. The molecule has 0 spiro atoms. The van der Waals surface area contributed by atoms with Crippen molar-refractivity contribution in [1.82, 2.24) is 15.5 Å². The van der Waals surface area contributed by atoms with Gasteiger partial charge in [-0.3, -0.25) is 9.89 Å². The number of halogens is 1. The lowest BCUT2D eigenvalue weighted by Gasteiger charge is -2.11. The Morgan fingerprint density at radius 2 is 2.25 bits per heavy atom. The molecule has 2 N–H and O–H groups in total. The van der Waals surface area contributed by atoms with E-state index in [2.05, 4.69) is 21.6 Å². The number of aromatic amines is 1. The number of amides is 1. The Morgan fingerprint density at radius 3 is 2.85 bits per heavy atom. The molecule has 0 saturated heterocycles. The van der Waals surface area contributed by atoms with Crippen LogP contribution in [-0.2, 0) is 0 Å². The Morgan fingerprint density at radius 1 is 1.45 bits per heavy atom.